The fourth-order valence-corrected chi connectivity index (χ4v) is 3.36. The number of hydrogen-bond acceptors (Lipinski definition) is 3. The van der Waals surface area contributed by atoms with Crippen molar-refractivity contribution >= 4 is 22.0 Å². The predicted molar refractivity (Wildman–Crippen MR) is 74.3 cm³/mol. The summed E-state index contributed by atoms with van der Waals surface area (Å²) in [5.41, 5.74) is 3.92. The van der Waals surface area contributed by atoms with Crippen LogP contribution < -0.4 is 4.90 Å². The van der Waals surface area contributed by atoms with Gasteiger partial charge in [0.15, 0.2) is 4.96 Å². The van der Waals surface area contributed by atoms with Gasteiger partial charge in [0.1, 0.15) is 0 Å². The number of imidazole rings is 1. The maximum atomic E-state index is 4.70. The first-order chi connectivity index (χ1) is 8.92. The summed E-state index contributed by atoms with van der Waals surface area (Å²) in [7, 11) is 0. The lowest BCUT2D eigenvalue weighted by molar-refractivity contribution is 0.702. The second-order valence-electron chi connectivity index (χ2n) is 4.57. The second kappa shape index (κ2) is 3.85. The smallest absolute Gasteiger partial charge is 0.194 e. The molecule has 0 aliphatic carbocycles. The van der Waals surface area contributed by atoms with Crippen LogP contribution in [0.3, 0.4) is 0 Å². The summed E-state index contributed by atoms with van der Waals surface area (Å²) in [5.74, 6) is 0. The predicted octanol–water partition coefficient (Wildman–Crippen LogP) is 2.96. The molecule has 1 aliphatic heterocycles. The van der Waals surface area contributed by atoms with Gasteiger partial charge in [0, 0.05) is 30.2 Å². The number of hydrogen-bond donors (Lipinski definition) is 0. The zero-order chi connectivity index (χ0) is 11.9. The Hall–Kier alpha value is -1.81. The Labute approximate surface area is 109 Å². The minimum absolute atomic E-state index is 0.956. The Balaban J connectivity index is 1.75. The molecule has 0 unspecified atom stereocenters. The van der Waals surface area contributed by atoms with Crippen LogP contribution in [0.2, 0.25) is 0 Å². The van der Waals surface area contributed by atoms with Gasteiger partial charge in [-0.05, 0) is 12.1 Å². The van der Waals surface area contributed by atoms with Crippen LogP contribution in [-0.2, 0) is 13.0 Å². The lowest BCUT2D eigenvalue weighted by Gasteiger charge is -2.28. The summed E-state index contributed by atoms with van der Waals surface area (Å²) in [6, 6.07) is 10.6. The van der Waals surface area contributed by atoms with Crippen LogP contribution in [0.4, 0.5) is 5.69 Å². The summed E-state index contributed by atoms with van der Waals surface area (Å²) in [6.45, 7) is 2.01. The van der Waals surface area contributed by atoms with Crippen LogP contribution in [0.1, 0.15) is 11.4 Å². The van der Waals surface area contributed by atoms with Gasteiger partial charge in [0.25, 0.3) is 0 Å². The summed E-state index contributed by atoms with van der Waals surface area (Å²) in [6.07, 6.45) is 3.17. The normalized spacial score (nSPS) is 15.0. The van der Waals surface area contributed by atoms with Gasteiger partial charge in [-0.2, -0.15) is 0 Å². The fraction of sp³-hybridized carbons (Fsp3) is 0.214. The number of rotatable bonds is 1. The molecular weight excluding hydrogens is 242 g/mol. The van der Waals surface area contributed by atoms with Gasteiger partial charge < -0.3 is 4.90 Å². The van der Waals surface area contributed by atoms with E-state index in [0.29, 0.717) is 0 Å². The van der Waals surface area contributed by atoms with Gasteiger partial charge in [0.05, 0.1) is 17.9 Å². The molecule has 4 rings (SSSR count). The van der Waals surface area contributed by atoms with Crippen LogP contribution in [0.15, 0.2) is 41.9 Å². The van der Waals surface area contributed by atoms with Gasteiger partial charge >= 0.3 is 0 Å². The SMILES string of the molecule is c1ccc(N2CCc3nc4sccn4c3C2)cc1. The molecule has 0 N–H and O–H groups in total. The first kappa shape index (κ1) is 10.1. The highest BCUT2D eigenvalue weighted by Gasteiger charge is 2.21. The van der Waals surface area contributed by atoms with E-state index in [1.165, 1.54) is 17.1 Å². The number of aromatic nitrogens is 2. The molecule has 0 bridgehead atoms. The average Bonchev–Trinajstić information content (AvgIpc) is 2.99. The summed E-state index contributed by atoms with van der Waals surface area (Å²) < 4.78 is 2.23. The van der Waals surface area contributed by atoms with E-state index in [4.69, 9.17) is 4.98 Å². The Morgan fingerprint density at radius 1 is 1.17 bits per heavy atom. The van der Waals surface area contributed by atoms with E-state index >= 15 is 0 Å². The highest BCUT2D eigenvalue weighted by atomic mass is 32.1. The molecule has 0 amide bonds. The molecule has 4 heteroatoms. The Kier molecular flexibility index (Phi) is 2.17. The highest BCUT2D eigenvalue weighted by Crippen LogP contribution is 2.26. The zero-order valence-electron chi connectivity index (χ0n) is 9.91. The Bertz CT molecular complexity index is 683. The van der Waals surface area contributed by atoms with Crippen molar-refractivity contribution < 1.29 is 0 Å². The van der Waals surface area contributed by atoms with E-state index in [9.17, 15) is 0 Å². The maximum absolute atomic E-state index is 4.70. The Morgan fingerprint density at radius 2 is 2.06 bits per heavy atom. The number of para-hydroxylation sites is 1. The second-order valence-corrected chi connectivity index (χ2v) is 5.44. The number of fused-ring (bicyclic) bond motifs is 3. The first-order valence-corrected chi connectivity index (χ1v) is 7.03. The van der Waals surface area contributed by atoms with Crippen molar-refractivity contribution in [3.8, 4) is 0 Å². The largest absolute Gasteiger partial charge is 0.365 e. The van der Waals surface area contributed by atoms with Crippen molar-refractivity contribution in [2.24, 2.45) is 0 Å². The molecule has 0 saturated heterocycles. The van der Waals surface area contributed by atoms with Crippen molar-refractivity contribution in [3.63, 3.8) is 0 Å². The molecule has 0 radical (unpaired) electrons. The van der Waals surface area contributed by atoms with Gasteiger partial charge in [-0.15, -0.1) is 11.3 Å². The van der Waals surface area contributed by atoms with E-state index in [1.807, 2.05) is 0 Å². The molecule has 90 valence electrons. The molecule has 2 aromatic heterocycles. The molecule has 0 spiro atoms. The van der Waals surface area contributed by atoms with Crippen molar-refractivity contribution in [2.75, 3.05) is 11.4 Å². The van der Waals surface area contributed by atoms with E-state index in [0.717, 1.165) is 24.5 Å². The maximum Gasteiger partial charge on any atom is 0.194 e. The van der Waals surface area contributed by atoms with Crippen molar-refractivity contribution in [1.29, 1.82) is 0 Å². The van der Waals surface area contributed by atoms with Crippen molar-refractivity contribution in [2.45, 2.75) is 13.0 Å². The third-order valence-corrected chi connectivity index (χ3v) is 4.28. The van der Waals surface area contributed by atoms with E-state index in [-0.39, 0.29) is 0 Å². The Morgan fingerprint density at radius 3 is 2.94 bits per heavy atom. The lowest BCUT2D eigenvalue weighted by Crippen LogP contribution is -2.30. The van der Waals surface area contributed by atoms with Crippen LogP contribution in [0, 0.1) is 0 Å². The standard InChI is InChI=1S/C14H13N3S/c1-2-4-11(5-3-1)16-7-6-12-13(10-16)17-8-9-18-14(17)15-12/h1-5,8-9H,6-7,10H2. The van der Waals surface area contributed by atoms with Crippen molar-refractivity contribution in [3.05, 3.63) is 53.3 Å². The summed E-state index contributed by atoms with van der Waals surface area (Å²) in [5, 5.41) is 2.10. The lowest BCUT2D eigenvalue weighted by atomic mass is 10.1. The third-order valence-electron chi connectivity index (χ3n) is 3.52. The average molecular weight is 255 g/mol. The van der Waals surface area contributed by atoms with Gasteiger partial charge in [-0.1, -0.05) is 18.2 Å². The quantitative estimate of drug-likeness (QED) is 0.666. The summed E-state index contributed by atoms with van der Waals surface area (Å²) >= 11 is 1.71. The van der Waals surface area contributed by atoms with Crippen LogP contribution in [0.5, 0.6) is 0 Å². The monoisotopic (exact) mass is 255 g/mol. The fourth-order valence-electron chi connectivity index (χ4n) is 2.60. The summed E-state index contributed by atoms with van der Waals surface area (Å²) in [4.78, 5) is 8.24. The van der Waals surface area contributed by atoms with Crippen LogP contribution in [-0.4, -0.2) is 15.9 Å². The molecule has 0 atom stereocenters. The number of nitrogens with zero attached hydrogens (tertiary/aromatic N) is 3. The van der Waals surface area contributed by atoms with Gasteiger partial charge in [-0.25, -0.2) is 4.98 Å². The molecule has 3 aromatic rings. The molecule has 1 aliphatic rings. The highest BCUT2D eigenvalue weighted by molar-refractivity contribution is 7.15. The van der Waals surface area contributed by atoms with Gasteiger partial charge in [0.2, 0.25) is 0 Å². The molecule has 3 heterocycles. The number of thiazole rings is 1. The molecule has 1 aromatic carbocycles. The topological polar surface area (TPSA) is 20.5 Å². The zero-order valence-corrected chi connectivity index (χ0v) is 10.7. The molecule has 0 saturated carbocycles. The van der Waals surface area contributed by atoms with Crippen molar-refractivity contribution in [1.82, 2.24) is 9.38 Å². The first-order valence-electron chi connectivity index (χ1n) is 6.15. The molecule has 0 fully saturated rings. The molecule has 3 nitrogen and oxygen atoms in total. The number of anilines is 1. The minimum atomic E-state index is 0.956. The van der Waals surface area contributed by atoms with E-state index < -0.39 is 0 Å². The van der Waals surface area contributed by atoms with Gasteiger partial charge in [-0.3, -0.25) is 4.40 Å². The molecule has 18 heavy (non-hydrogen) atoms. The number of benzene rings is 1. The van der Waals surface area contributed by atoms with Crippen LogP contribution >= 0.6 is 11.3 Å². The van der Waals surface area contributed by atoms with Crippen LogP contribution in [0.25, 0.3) is 4.96 Å². The van der Waals surface area contributed by atoms with E-state index in [2.05, 4.69) is 51.2 Å². The molecular formula is C14H13N3S. The minimum Gasteiger partial charge on any atom is -0.365 e. The van der Waals surface area contributed by atoms with E-state index in [1.54, 1.807) is 11.3 Å². The third kappa shape index (κ3) is 1.46.